The lowest BCUT2D eigenvalue weighted by atomic mass is 10.1. The number of thioether (sulfide) groups is 1. The smallest absolute Gasteiger partial charge is 0.272 e. The van der Waals surface area contributed by atoms with E-state index in [1.165, 1.54) is 0 Å². The van der Waals surface area contributed by atoms with Crippen LogP contribution in [0.3, 0.4) is 0 Å². The Labute approximate surface area is 187 Å². The number of hydrogen-bond acceptors (Lipinski definition) is 7. The van der Waals surface area contributed by atoms with Gasteiger partial charge in [-0.25, -0.2) is 0 Å². The van der Waals surface area contributed by atoms with Gasteiger partial charge in [0, 0.05) is 37.5 Å². The van der Waals surface area contributed by atoms with Crippen molar-refractivity contribution >= 4 is 17.7 Å². The Kier molecular flexibility index (Phi) is 7.37. The first-order chi connectivity index (χ1) is 15.2. The number of carbonyl (C=O) groups excluding carboxylic acids is 1. The number of aromatic nitrogens is 2. The Balaban J connectivity index is 1.55. The zero-order valence-corrected chi connectivity index (χ0v) is 19.0. The number of nitrogens with one attached hydrogen (secondary N) is 1. The minimum absolute atomic E-state index is 0.00127. The summed E-state index contributed by atoms with van der Waals surface area (Å²) in [6, 6.07) is 7.54. The Morgan fingerprint density at radius 3 is 2.84 bits per heavy atom. The van der Waals surface area contributed by atoms with Crippen LogP contribution in [0.2, 0.25) is 0 Å². The lowest BCUT2D eigenvalue weighted by molar-refractivity contribution is 0.0244. The van der Waals surface area contributed by atoms with Crippen LogP contribution in [0.15, 0.2) is 24.3 Å². The van der Waals surface area contributed by atoms with Crippen LogP contribution in [0.1, 0.15) is 16.9 Å². The van der Waals surface area contributed by atoms with Crippen molar-refractivity contribution in [2.24, 2.45) is 0 Å². The highest BCUT2D eigenvalue weighted by Crippen LogP contribution is 2.33. The first-order valence-corrected chi connectivity index (χ1v) is 11.8. The fourth-order valence-corrected chi connectivity index (χ4v) is 5.12. The maximum absolute atomic E-state index is 13.5. The summed E-state index contributed by atoms with van der Waals surface area (Å²) in [5.74, 6) is 3.43. The molecule has 2 fully saturated rings. The van der Waals surface area contributed by atoms with Crippen molar-refractivity contribution in [1.82, 2.24) is 20.0 Å². The summed E-state index contributed by atoms with van der Waals surface area (Å²) < 4.78 is 16.3. The fourth-order valence-electron chi connectivity index (χ4n) is 4.07. The number of methoxy groups -OCH3 is 2. The van der Waals surface area contributed by atoms with E-state index in [1.807, 2.05) is 40.9 Å². The van der Waals surface area contributed by atoms with Gasteiger partial charge in [0.05, 0.1) is 39.2 Å². The number of benzene rings is 1. The van der Waals surface area contributed by atoms with Crippen molar-refractivity contribution in [1.29, 1.82) is 0 Å². The maximum Gasteiger partial charge on any atom is 0.272 e. The number of H-pyrrole nitrogens is 1. The van der Waals surface area contributed by atoms with Gasteiger partial charge in [-0.1, -0.05) is 0 Å². The maximum atomic E-state index is 13.5. The second-order valence-electron chi connectivity index (χ2n) is 7.73. The summed E-state index contributed by atoms with van der Waals surface area (Å²) in [5, 5.41) is 7.37. The monoisotopic (exact) mass is 446 g/mol. The van der Waals surface area contributed by atoms with Crippen molar-refractivity contribution in [2.45, 2.75) is 12.5 Å². The Morgan fingerprint density at radius 1 is 1.23 bits per heavy atom. The summed E-state index contributed by atoms with van der Waals surface area (Å²) in [5.41, 5.74) is 1.94. The van der Waals surface area contributed by atoms with Crippen LogP contribution < -0.4 is 9.47 Å². The third-order valence-corrected chi connectivity index (χ3v) is 6.96. The molecule has 0 aliphatic carbocycles. The number of nitrogens with zero attached hydrogens (tertiary/aromatic N) is 3. The number of amides is 1. The predicted octanol–water partition coefficient (Wildman–Crippen LogP) is 2.37. The molecule has 2 saturated heterocycles. The molecule has 2 aromatic rings. The van der Waals surface area contributed by atoms with E-state index in [1.54, 1.807) is 14.2 Å². The van der Waals surface area contributed by atoms with Crippen molar-refractivity contribution in [3.05, 3.63) is 30.0 Å². The Hall–Kier alpha value is -2.23. The summed E-state index contributed by atoms with van der Waals surface area (Å²) in [7, 11) is 3.24. The molecule has 1 aromatic carbocycles. The molecular weight excluding hydrogens is 416 g/mol. The van der Waals surface area contributed by atoms with Crippen LogP contribution in [0.5, 0.6) is 11.5 Å². The molecule has 9 heteroatoms. The van der Waals surface area contributed by atoms with Gasteiger partial charge in [0.1, 0.15) is 17.2 Å². The molecule has 2 aliphatic rings. The highest BCUT2D eigenvalue weighted by atomic mass is 32.2. The van der Waals surface area contributed by atoms with Crippen LogP contribution in [-0.4, -0.2) is 97.1 Å². The van der Waals surface area contributed by atoms with Gasteiger partial charge in [0.15, 0.2) is 0 Å². The van der Waals surface area contributed by atoms with Gasteiger partial charge in [-0.15, -0.1) is 0 Å². The van der Waals surface area contributed by atoms with Crippen LogP contribution in [0, 0.1) is 0 Å². The van der Waals surface area contributed by atoms with Crippen molar-refractivity contribution in [3.8, 4) is 22.8 Å². The van der Waals surface area contributed by atoms with E-state index in [4.69, 9.17) is 14.2 Å². The molecule has 0 spiro atoms. The fraction of sp³-hybridized carbons (Fsp3) is 0.545. The first kappa shape index (κ1) is 22.0. The van der Waals surface area contributed by atoms with Gasteiger partial charge in [-0.2, -0.15) is 16.9 Å². The van der Waals surface area contributed by atoms with Crippen LogP contribution >= 0.6 is 11.8 Å². The highest BCUT2D eigenvalue weighted by Gasteiger charge is 2.30. The zero-order valence-electron chi connectivity index (χ0n) is 18.1. The van der Waals surface area contributed by atoms with Gasteiger partial charge >= 0.3 is 0 Å². The van der Waals surface area contributed by atoms with Gasteiger partial charge in [0.25, 0.3) is 5.91 Å². The molecule has 1 atom stereocenters. The molecule has 168 valence electrons. The van der Waals surface area contributed by atoms with Gasteiger partial charge < -0.3 is 19.1 Å². The SMILES string of the molecule is COc1ccc(OC)c(-c2cc(C(=O)N3CCCSCC3CN3CCOCC3)[nH]n2)c1. The van der Waals surface area contributed by atoms with E-state index in [-0.39, 0.29) is 11.9 Å². The predicted molar refractivity (Wildman–Crippen MR) is 121 cm³/mol. The molecule has 0 saturated carbocycles. The van der Waals surface area contributed by atoms with Crippen molar-refractivity contribution < 1.29 is 19.0 Å². The molecule has 0 bridgehead atoms. The lowest BCUT2D eigenvalue weighted by Gasteiger charge is -2.35. The minimum Gasteiger partial charge on any atom is -0.497 e. The number of ether oxygens (including phenoxy) is 3. The van der Waals surface area contributed by atoms with Crippen LogP contribution in [0.25, 0.3) is 11.3 Å². The molecule has 1 unspecified atom stereocenters. The third-order valence-electron chi connectivity index (χ3n) is 5.76. The summed E-state index contributed by atoms with van der Waals surface area (Å²) in [6.07, 6.45) is 1.00. The number of hydrogen-bond donors (Lipinski definition) is 1. The molecule has 8 nitrogen and oxygen atoms in total. The molecule has 1 aromatic heterocycles. The summed E-state index contributed by atoms with van der Waals surface area (Å²) in [4.78, 5) is 17.9. The first-order valence-electron chi connectivity index (χ1n) is 10.7. The summed E-state index contributed by atoms with van der Waals surface area (Å²) in [6.45, 7) is 5.02. The topological polar surface area (TPSA) is 79.9 Å². The number of carbonyl (C=O) groups is 1. The van der Waals surface area contributed by atoms with Gasteiger partial charge in [0.2, 0.25) is 0 Å². The lowest BCUT2D eigenvalue weighted by Crippen LogP contribution is -2.50. The van der Waals surface area contributed by atoms with Crippen molar-refractivity contribution in [2.75, 3.05) is 65.1 Å². The average Bonchev–Trinajstić information content (AvgIpc) is 3.20. The second-order valence-corrected chi connectivity index (χ2v) is 8.88. The molecule has 1 amide bonds. The normalized spacial score (nSPS) is 20.3. The molecular formula is C22H30N4O4S. The average molecular weight is 447 g/mol. The van der Waals surface area contributed by atoms with Gasteiger partial charge in [-0.3, -0.25) is 14.8 Å². The molecule has 3 heterocycles. The molecule has 31 heavy (non-hydrogen) atoms. The number of morpholine rings is 1. The Morgan fingerprint density at radius 2 is 2.06 bits per heavy atom. The van der Waals surface area contributed by atoms with Crippen LogP contribution in [-0.2, 0) is 4.74 Å². The van der Waals surface area contributed by atoms with E-state index < -0.39 is 0 Å². The minimum atomic E-state index is 0.00127. The molecule has 4 rings (SSSR count). The summed E-state index contributed by atoms with van der Waals surface area (Å²) >= 11 is 1.93. The molecule has 1 N–H and O–H groups in total. The van der Waals surface area contributed by atoms with E-state index >= 15 is 0 Å². The third kappa shape index (κ3) is 5.16. The zero-order chi connectivity index (χ0) is 21.6. The van der Waals surface area contributed by atoms with Gasteiger partial charge in [-0.05, 0) is 36.4 Å². The number of rotatable bonds is 6. The van der Waals surface area contributed by atoms with E-state index in [9.17, 15) is 4.79 Å². The quantitative estimate of drug-likeness (QED) is 0.730. The molecule has 0 radical (unpaired) electrons. The highest BCUT2D eigenvalue weighted by molar-refractivity contribution is 7.99. The van der Waals surface area contributed by atoms with E-state index in [0.29, 0.717) is 22.9 Å². The largest absolute Gasteiger partial charge is 0.497 e. The molecule has 2 aliphatic heterocycles. The van der Waals surface area contributed by atoms with Crippen molar-refractivity contribution in [3.63, 3.8) is 0 Å². The van der Waals surface area contributed by atoms with E-state index in [0.717, 1.165) is 62.9 Å². The van der Waals surface area contributed by atoms with Crippen LogP contribution in [0.4, 0.5) is 0 Å². The number of aromatic amines is 1. The van der Waals surface area contributed by atoms with E-state index in [2.05, 4.69) is 15.1 Å². The second kappa shape index (κ2) is 10.4. The Bertz CT molecular complexity index is 884. The standard InChI is InChI=1S/C22H30N4O4S/c1-28-17-4-5-21(29-2)18(12-17)19-13-20(24-23-19)22(27)26-6-3-11-31-15-16(26)14-25-7-9-30-10-8-25/h4-5,12-13,16H,3,6-11,14-15H2,1-2H3,(H,23,24).